The number of rotatable bonds is 5. The average molecular weight is 556 g/mol. The van der Waals surface area contributed by atoms with Crippen molar-refractivity contribution in [3.8, 4) is 11.3 Å². The van der Waals surface area contributed by atoms with Crippen LogP contribution < -0.4 is 5.32 Å². The largest absolute Gasteiger partial charge is 0.304 e. The predicted octanol–water partition coefficient (Wildman–Crippen LogP) is 6.20. The molecule has 0 aliphatic rings. The molecule has 0 unspecified atom stereocenters. The van der Waals surface area contributed by atoms with Crippen molar-refractivity contribution in [2.75, 3.05) is 5.32 Å². The topological polar surface area (TPSA) is 77.6 Å². The lowest BCUT2D eigenvalue weighted by molar-refractivity contribution is 0.102. The van der Waals surface area contributed by atoms with Crippen LogP contribution in [0.25, 0.3) is 22.2 Å². The second-order valence-electron chi connectivity index (χ2n) is 7.69. The smallest absolute Gasteiger partial charge is 0.257 e. The van der Waals surface area contributed by atoms with E-state index in [0.717, 1.165) is 22.0 Å². The highest BCUT2D eigenvalue weighted by molar-refractivity contribution is 9.10. The summed E-state index contributed by atoms with van der Waals surface area (Å²) in [6.07, 6.45) is 5.37. The van der Waals surface area contributed by atoms with E-state index in [4.69, 9.17) is 28.2 Å². The molecule has 1 amide bonds. The molecule has 5 aromatic rings. The number of benzene rings is 2. The van der Waals surface area contributed by atoms with Gasteiger partial charge in [0.1, 0.15) is 0 Å². The van der Waals surface area contributed by atoms with Gasteiger partial charge in [0.2, 0.25) is 0 Å². The Morgan fingerprint density at radius 1 is 1.12 bits per heavy atom. The number of amides is 1. The van der Waals surface area contributed by atoms with E-state index in [9.17, 15) is 4.79 Å². The number of carbonyl (C=O) groups excluding carboxylic acids is 1. The molecule has 0 aliphatic carbocycles. The third-order valence-electron chi connectivity index (χ3n) is 5.26. The molecule has 2 aromatic carbocycles. The summed E-state index contributed by atoms with van der Waals surface area (Å²) < 4.78 is 4.04. The number of para-hydroxylation sites is 1. The van der Waals surface area contributed by atoms with Gasteiger partial charge in [-0.25, -0.2) is 4.98 Å². The van der Waals surface area contributed by atoms with Gasteiger partial charge in [0.25, 0.3) is 5.91 Å². The van der Waals surface area contributed by atoms with Crippen LogP contribution in [0.4, 0.5) is 5.82 Å². The second-order valence-corrected chi connectivity index (χ2v) is 9.39. The normalized spacial score (nSPS) is 11.2. The molecule has 0 saturated heterocycles. The number of nitrogens with one attached hydrogen (secondary N) is 1. The Balaban J connectivity index is 1.46. The molecule has 0 bridgehead atoms. The summed E-state index contributed by atoms with van der Waals surface area (Å²) in [7, 11) is 1.84. The van der Waals surface area contributed by atoms with E-state index >= 15 is 0 Å². The molecule has 1 N–H and O–H groups in total. The first-order valence-corrected chi connectivity index (χ1v) is 11.8. The van der Waals surface area contributed by atoms with Crippen molar-refractivity contribution in [3.05, 3.63) is 92.8 Å². The first-order chi connectivity index (χ1) is 16.4. The maximum absolute atomic E-state index is 13.4. The minimum Gasteiger partial charge on any atom is -0.304 e. The monoisotopic (exact) mass is 554 g/mol. The molecule has 34 heavy (non-hydrogen) atoms. The fourth-order valence-electron chi connectivity index (χ4n) is 3.63. The van der Waals surface area contributed by atoms with E-state index in [1.165, 1.54) is 0 Å². The van der Waals surface area contributed by atoms with E-state index in [1.807, 2.05) is 43.6 Å². The van der Waals surface area contributed by atoms with Gasteiger partial charge in [0.15, 0.2) is 5.82 Å². The zero-order valence-corrected chi connectivity index (χ0v) is 20.9. The van der Waals surface area contributed by atoms with Crippen LogP contribution >= 0.6 is 39.1 Å². The summed E-state index contributed by atoms with van der Waals surface area (Å²) in [6.45, 7) is 0.424. The molecule has 0 atom stereocenters. The number of aryl methyl sites for hydroxylation is 1. The van der Waals surface area contributed by atoms with Crippen LogP contribution in [0.5, 0.6) is 0 Å². The van der Waals surface area contributed by atoms with Gasteiger partial charge in [-0.2, -0.15) is 10.2 Å². The van der Waals surface area contributed by atoms with Crippen LogP contribution in [0.2, 0.25) is 10.0 Å². The summed E-state index contributed by atoms with van der Waals surface area (Å²) in [4.78, 5) is 18.1. The van der Waals surface area contributed by atoms with Crippen LogP contribution in [0.3, 0.4) is 0 Å². The fraction of sp³-hybridized carbons (Fsp3) is 0.0833. The van der Waals surface area contributed by atoms with Crippen LogP contribution in [0.1, 0.15) is 15.9 Å². The lowest BCUT2D eigenvalue weighted by Gasteiger charge is -2.09. The van der Waals surface area contributed by atoms with E-state index in [2.05, 4.69) is 31.4 Å². The molecule has 170 valence electrons. The SMILES string of the molecule is Cn1cc(-c2cc(C(=O)Nc3nn(Cc4ccc(Cl)cc4Cl)cc3Br)c3ccccc3n2)cn1. The fourth-order valence-corrected chi connectivity index (χ4v) is 4.51. The number of halogens is 3. The number of pyridine rings is 1. The quantitative estimate of drug-likeness (QED) is 0.280. The minimum absolute atomic E-state index is 0.292. The highest BCUT2D eigenvalue weighted by atomic mass is 79.9. The standard InChI is InChI=1S/C24H17BrCl2N6O/c1-32-11-15(10-28-32)22-9-18(17-4-2-3-5-21(17)29-22)24(34)30-23-19(25)13-33(31-23)12-14-6-7-16(26)8-20(14)27/h2-11,13H,12H2,1H3,(H,30,31,34). The molecule has 3 heterocycles. The van der Waals surface area contributed by atoms with Gasteiger partial charge in [-0.1, -0.05) is 47.5 Å². The summed E-state index contributed by atoms with van der Waals surface area (Å²) in [5.74, 6) is 0.109. The molecule has 0 spiro atoms. The molecule has 5 rings (SSSR count). The number of anilines is 1. The van der Waals surface area contributed by atoms with Gasteiger partial charge in [0.05, 0.1) is 34.0 Å². The zero-order chi connectivity index (χ0) is 23.8. The lowest BCUT2D eigenvalue weighted by atomic mass is 10.0. The van der Waals surface area contributed by atoms with Gasteiger partial charge >= 0.3 is 0 Å². The number of fused-ring (bicyclic) bond motifs is 1. The van der Waals surface area contributed by atoms with Crippen molar-refractivity contribution in [1.29, 1.82) is 0 Å². The van der Waals surface area contributed by atoms with Gasteiger partial charge in [-0.15, -0.1) is 0 Å². The van der Waals surface area contributed by atoms with Crippen molar-refractivity contribution in [1.82, 2.24) is 24.5 Å². The predicted molar refractivity (Wildman–Crippen MR) is 137 cm³/mol. The maximum atomic E-state index is 13.4. The Kier molecular flexibility index (Phi) is 6.12. The molecular formula is C24H17BrCl2N6O. The van der Waals surface area contributed by atoms with Gasteiger partial charge in [0, 0.05) is 40.4 Å². The molecule has 7 nitrogen and oxygen atoms in total. The minimum atomic E-state index is -0.292. The second kappa shape index (κ2) is 9.21. The van der Waals surface area contributed by atoms with Crippen LogP contribution in [-0.4, -0.2) is 30.5 Å². The molecule has 0 fully saturated rings. The van der Waals surface area contributed by atoms with Crippen molar-refractivity contribution >= 4 is 61.8 Å². The van der Waals surface area contributed by atoms with Gasteiger partial charge in [-0.05, 0) is 45.8 Å². The van der Waals surface area contributed by atoms with Crippen molar-refractivity contribution in [3.63, 3.8) is 0 Å². The third kappa shape index (κ3) is 4.57. The van der Waals surface area contributed by atoms with E-state index < -0.39 is 0 Å². The molecule has 0 radical (unpaired) electrons. The molecule has 0 aliphatic heterocycles. The van der Waals surface area contributed by atoms with Crippen molar-refractivity contribution in [2.24, 2.45) is 7.05 Å². The van der Waals surface area contributed by atoms with E-state index in [1.54, 1.807) is 40.0 Å². The molecular weight excluding hydrogens is 539 g/mol. The number of hydrogen-bond donors (Lipinski definition) is 1. The Hall–Kier alpha value is -3.20. The highest BCUT2D eigenvalue weighted by Crippen LogP contribution is 2.28. The summed E-state index contributed by atoms with van der Waals surface area (Å²) in [5.41, 5.74) is 3.56. The van der Waals surface area contributed by atoms with E-state index in [0.29, 0.717) is 38.1 Å². The third-order valence-corrected chi connectivity index (χ3v) is 6.43. The first-order valence-electron chi connectivity index (χ1n) is 10.2. The maximum Gasteiger partial charge on any atom is 0.257 e. The molecule has 0 saturated carbocycles. The Morgan fingerprint density at radius 3 is 2.71 bits per heavy atom. The lowest BCUT2D eigenvalue weighted by Crippen LogP contribution is -2.14. The van der Waals surface area contributed by atoms with E-state index in [-0.39, 0.29) is 5.91 Å². The van der Waals surface area contributed by atoms with Crippen molar-refractivity contribution < 1.29 is 4.79 Å². The van der Waals surface area contributed by atoms with Crippen molar-refractivity contribution in [2.45, 2.75) is 6.54 Å². The van der Waals surface area contributed by atoms with Crippen LogP contribution in [-0.2, 0) is 13.6 Å². The zero-order valence-electron chi connectivity index (χ0n) is 17.8. The molecule has 10 heteroatoms. The van der Waals surface area contributed by atoms with Crippen LogP contribution in [0.15, 0.2) is 71.6 Å². The first kappa shape index (κ1) is 22.6. The summed E-state index contributed by atoms with van der Waals surface area (Å²) in [6, 6.07) is 14.6. The summed E-state index contributed by atoms with van der Waals surface area (Å²) in [5, 5.41) is 13.5. The number of hydrogen-bond acceptors (Lipinski definition) is 4. The highest BCUT2D eigenvalue weighted by Gasteiger charge is 2.18. The Bertz CT molecular complexity index is 1540. The number of aromatic nitrogens is 5. The van der Waals surface area contributed by atoms with Gasteiger partial charge < -0.3 is 5.32 Å². The molecule has 3 aromatic heterocycles. The Labute approximate surface area is 213 Å². The van der Waals surface area contributed by atoms with Crippen LogP contribution in [0, 0.1) is 0 Å². The number of carbonyl (C=O) groups is 1. The van der Waals surface area contributed by atoms with Gasteiger partial charge in [-0.3, -0.25) is 14.2 Å². The number of nitrogens with zero attached hydrogens (tertiary/aromatic N) is 5. The summed E-state index contributed by atoms with van der Waals surface area (Å²) >= 11 is 15.8. The Morgan fingerprint density at radius 2 is 1.94 bits per heavy atom. The average Bonchev–Trinajstić information content (AvgIpc) is 3.40.